The predicted octanol–water partition coefficient (Wildman–Crippen LogP) is 3.11. The first-order chi connectivity index (χ1) is 9.97. The first-order valence-corrected chi connectivity index (χ1v) is 8.45. The number of rotatable bonds is 4. The van der Waals surface area contributed by atoms with Crippen molar-refractivity contribution in [2.24, 2.45) is 11.8 Å². The quantitative estimate of drug-likeness (QED) is 0.915. The summed E-state index contributed by atoms with van der Waals surface area (Å²) >= 11 is 0. The van der Waals surface area contributed by atoms with Crippen molar-refractivity contribution in [2.45, 2.75) is 51.1 Å². The zero-order chi connectivity index (χ0) is 15.0. The molecule has 0 saturated heterocycles. The monoisotopic (exact) mass is 286 g/mol. The van der Waals surface area contributed by atoms with E-state index < -0.39 is 0 Å². The van der Waals surface area contributed by atoms with E-state index >= 15 is 0 Å². The molecule has 2 aliphatic carbocycles. The average molecular weight is 286 g/mol. The lowest BCUT2D eigenvalue weighted by atomic mass is 9.93. The maximum absolute atomic E-state index is 3.94. The molecule has 2 atom stereocenters. The number of hydrogen-bond donors (Lipinski definition) is 1. The van der Waals surface area contributed by atoms with Crippen LogP contribution in [0.5, 0.6) is 0 Å². The third kappa shape index (κ3) is 3.02. The number of fused-ring (bicyclic) bond motifs is 3. The highest BCUT2D eigenvalue weighted by Gasteiger charge is 2.39. The smallest absolute Gasteiger partial charge is 0.0271 e. The molecule has 1 saturated carbocycles. The second-order valence-electron chi connectivity index (χ2n) is 7.89. The van der Waals surface area contributed by atoms with Gasteiger partial charge in [-0.15, -0.1) is 0 Å². The van der Waals surface area contributed by atoms with Crippen molar-refractivity contribution in [3.63, 3.8) is 0 Å². The average Bonchev–Trinajstić information content (AvgIpc) is 2.71. The molecule has 0 radical (unpaired) electrons. The van der Waals surface area contributed by atoms with Gasteiger partial charge in [-0.05, 0) is 76.6 Å². The van der Waals surface area contributed by atoms with Crippen LogP contribution in [0.2, 0.25) is 0 Å². The Morgan fingerprint density at radius 3 is 2.05 bits per heavy atom. The van der Waals surface area contributed by atoms with Crippen LogP contribution in [-0.2, 0) is 12.8 Å². The first kappa shape index (κ1) is 15.1. The number of nitrogens with zero attached hydrogens (tertiary/aromatic N) is 1. The molecule has 0 aliphatic heterocycles. The van der Waals surface area contributed by atoms with E-state index in [0.29, 0.717) is 6.04 Å². The Hall–Kier alpha value is -0.860. The summed E-state index contributed by atoms with van der Waals surface area (Å²) in [4.78, 5) is 2.33. The van der Waals surface area contributed by atoms with Gasteiger partial charge in [0.1, 0.15) is 0 Å². The number of likely N-dealkylation sites (N-methyl/N-ethyl adjacent to an activating group) is 1. The molecule has 1 aromatic rings. The fourth-order valence-corrected chi connectivity index (χ4v) is 4.01. The summed E-state index contributed by atoms with van der Waals surface area (Å²) in [5, 5.41) is 3.94. The molecule has 1 aromatic carbocycles. The lowest BCUT2D eigenvalue weighted by molar-refractivity contribution is 0.173. The van der Waals surface area contributed by atoms with Gasteiger partial charge in [0.05, 0.1) is 0 Å². The fraction of sp³-hybridized carbons (Fsp3) is 0.684. The topological polar surface area (TPSA) is 15.3 Å². The van der Waals surface area contributed by atoms with Crippen molar-refractivity contribution in [1.29, 1.82) is 0 Å². The summed E-state index contributed by atoms with van der Waals surface area (Å²) in [5.41, 5.74) is 3.42. The van der Waals surface area contributed by atoms with Gasteiger partial charge in [0, 0.05) is 18.1 Å². The van der Waals surface area contributed by atoms with Crippen LogP contribution in [-0.4, -0.2) is 37.1 Å². The van der Waals surface area contributed by atoms with Crippen LogP contribution in [0.15, 0.2) is 24.3 Å². The zero-order valence-corrected chi connectivity index (χ0v) is 14.0. The maximum atomic E-state index is 3.94. The van der Waals surface area contributed by atoms with Crippen molar-refractivity contribution in [1.82, 2.24) is 10.2 Å². The van der Waals surface area contributed by atoms with E-state index in [1.807, 2.05) is 0 Å². The van der Waals surface area contributed by atoms with Crippen molar-refractivity contribution >= 4 is 0 Å². The van der Waals surface area contributed by atoms with Crippen LogP contribution in [0, 0.1) is 11.8 Å². The Balaban J connectivity index is 1.71. The summed E-state index contributed by atoms with van der Waals surface area (Å²) in [6.45, 7) is 5.73. The van der Waals surface area contributed by atoms with E-state index in [4.69, 9.17) is 0 Å². The molecule has 2 heteroatoms. The Morgan fingerprint density at radius 1 is 1.05 bits per heavy atom. The Kier molecular flexibility index (Phi) is 4.11. The second-order valence-corrected chi connectivity index (χ2v) is 7.89. The van der Waals surface area contributed by atoms with Gasteiger partial charge in [-0.1, -0.05) is 24.3 Å². The molecule has 116 valence electrons. The lowest BCUT2D eigenvalue weighted by Gasteiger charge is -2.36. The zero-order valence-electron chi connectivity index (χ0n) is 14.0. The summed E-state index contributed by atoms with van der Waals surface area (Å²) in [6.07, 6.45) is 5.34. The third-order valence-electron chi connectivity index (χ3n) is 5.99. The normalized spacial score (nSPS) is 28.5. The third-order valence-corrected chi connectivity index (χ3v) is 5.99. The van der Waals surface area contributed by atoms with Crippen molar-refractivity contribution < 1.29 is 0 Å². The fourth-order valence-electron chi connectivity index (χ4n) is 4.01. The van der Waals surface area contributed by atoms with Crippen LogP contribution >= 0.6 is 0 Å². The van der Waals surface area contributed by atoms with Crippen LogP contribution in [0.1, 0.15) is 37.8 Å². The molecule has 1 N–H and O–H groups in total. The van der Waals surface area contributed by atoms with E-state index in [9.17, 15) is 0 Å². The summed E-state index contributed by atoms with van der Waals surface area (Å²) < 4.78 is 0. The number of benzene rings is 1. The van der Waals surface area contributed by atoms with Gasteiger partial charge in [-0.3, -0.25) is 0 Å². The maximum Gasteiger partial charge on any atom is 0.0271 e. The highest BCUT2D eigenvalue weighted by atomic mass is 15.2. The van der Waals surface area contributed by atoms with Gasteiger partial charge in [0.25, 0.3) is 0 Å². The molecular weight excluding hydrogens is 256 g/mol. The predicted molar refractivity (Wildman–Crippen MR) is 89.6 cm³/mol. The summed E-state index contributed by atoms with van der Waals surface area (Å²) in [6, 6.07) is 9.80. The summed E-state index contributed by atoms with van der Waals surface area (Å²) in [5.74, 6) is 1.66. The number of hydrogen-bond acceptors (Lipinski definition) is 2. The molecule has 1 fully saturated rings. The molecule has 3 rings (SSSR count). The van der Waals surface area contributed by atoms with Gasteiger partial charge in [0.2, 0.25) is 0 Å². The molecule has 21 heavy (non-hydrogen) atoms. The van der Waals surface area contributed by atoms with Crippen LogP contribution in [0.25, 0.3) is 0 Å². The standard InChI is InChI=1S/C19H30N2/c1-19(2,21(3)4)13-20-18-16-9-10-17(18)12-15-8-6-5-7-14(15)11-16/h5-8,16-18,20H,9-13H2,1-4H3. The van der Waals surface area contributed by atoms with E-state index in [-0.39, 0.29) is 5.54 Å². The van der Waals surface area contributed by atoms with E-state index in [1.165, 1.54) is 25.7 Å². The lowest BCUT2D eigenvalue weighted by Crippen LogP contribution is -2.51. The highest BCUT2D eigenvalue weighted by Crippen LogP contribution is 2.40. The molecule has 0 aromatic heterocycles. The Bertz CT molecular complexity index is 459. The van der Waals surface area contributed by atoms with Gasteiger partial charge in [-0.25, -0.2) is 0 Å². The second kappa shape index (κ2) is 5.73. The largest absolute Gasteiger partial charge is 0.312 e. The van der Waals surface area contributed by atoms with Gasteiger partial charge >= 0.3 is 0 Å². The first-order valence-electron chi connectivity index (χ1n) is 8.45. The molecule has 2 aliphatic rings. The molecule has 2 bridgehead atoms. The molecule has 0 amide bonds. The van der Waals surface area contributed by atoms with Crippen molar-refractivity contribution in [3.8, 4) is 0 Å². The highest BCUT2D eigenvalue weighted by molar-refractivity contribution is 5.30. The van der Waals surface area contributed by atoms with E-state index in [0.717, 1.165) is 18.4 Å². The SMILES string of the molecule is CN(C)C(C)(C)CNC1C2CCC1Cc1ccccc1C2. The van der Waals surface area contributed by atoms with Crippen LogP contribution in [0.3, 0.4) is 0 Å². The Morgan fingerprint density at radius 2 is 1.57 bits per heavy atom. The van der Waals surface area contributed by atoms with Gasteiger partial charge in [0.15, 0.2) is 0 Å². The minimum atomic E-state index is 0.221. The molecule has 2 nitrogen and oxygen atoms in total. The molecule has 0 heterocycles. The van der Waals surface area contributed by atoms with E-state index in [2.05, 4.69) is 62.4 Å². The molecule has 2 unspecified atom stereocenters. The summed E-state index contributed by atoms with van der Waals surface area (Å²) in [7, 11) is 4.36. The number of nitrogens with one attached hydrogen (secondary N) is 1. The van der Waals surface area contributed by atoms with Crippen molar-refractivity contribution in [2.75, 3.05) is 20.6 Å². The minimum Gasteiger partial charge on any atom is -0.312 e. The van der Waals surface area contributed by atoms with Gasteiger partial charge < -0.3 is 10.2 Å². The Labute approximate surface area is 129 Å². The van der Waals surface area contributed by atoms with Crippen LogP contribution in [0.4, 0.5) is 0 Å². The molecular formula is C19H30N2. The molecule has 0 spiro atoms. The van der Waals surface area contributed by atoms with E-state index in [1.54, 1.807) is 11.1 Å². The van der Waals surface area contributed by atoms with Gasteiger partial charge in [-0.2, -0.15) is 0 Å². The van der Waals surface area contributed by atoms with Crippen LogP contribution < -0.4 is 5.32 Å². The van der Waals surface area contributed by atoms with Crippen molar-refractivity contribution in [3.05, 3.63) is 35.4 Å². The minimum absolute atomic E-state index is 0.221.